The zero-order valence-corrected chi connectivity index (χ0v) is 36.1. The van der Waals surface area contributed by atoms with Crippen molar-refractivity contribution < 1.29 is 4.42 Å². The Labute approximate surface area is 380 Å². The fraction of sp³-hybridized carbons (Fsp3) is 0. The molecule has 3 heteroatoms. The number of benzene rings is 11. The molecule has 0 fully saturated rings. The molecule has 0 atom stereocenters. The van der Waals surface area contributed by atoms with Gasteiger partial charge in [0.25, 0.3) is 0 Å². The summed E-state index contributed by atoms with van der Waals surface area (Å²) in [6.07, 6.45) is 0. The summed E-state index contributed by atoms with van der Waals surface area (Å²) < 4.78 is 9.66. The van der Waals surface area contributed by atoms with Crippen molar-refractivity contribution in [2.24, 2.45) is 0 Å². The van der Waals surface area contributed by atoms with Crippen molar-refractivity contribution in [3.63, 3.8) is 0 Å². The second-order valence-corrected chi connectivity index (χ2v) is 17.9. The highest BCUT2D eigenvalue weighted by atomic mass is 32.1. The molecule has 2 heterocycles. The monoisotopic (exact) mass is 845 g/mol. The quantitative estimate of drug-likeness (QED) is 0.149. The van der Waals surface area contributed by atoms with Crippen LogP contribution in [0.4, 0.5) is 17.1 Å². The Bertz CT molecular complexity index is 3920. The van der Waals surface area contributed by atoms with Crippen molar-refractivity contribution in [3.8, 4) is 44.5 Å². The first-order valence-corrected chi connectivity index (χ1v) is 23.0. The Kier molecular flexibility index (Phi) is 8.75. The number of hydrogen-bond donors (Lipinski definition) is 0. The molecule has 0 unspecified atom stereocenters. The summed E-state index contributed by atoms with van der Waals surface area (Å²) in [5, 5.41) is 9.86. The van der Waals surface area contributed by atoms with Crippen LogP contribution in [0.3, 0.4) is 0 Å². The second-order valence-electron chi connectivity index (χ2n) is 16.8. The van der Waals surface area contributed by atoms with Crippen molar-refractivity contribution in [3.05, 3.63) is 237 Å². The Morgan fingerprint density at radius 1 is 0.292 bits per heavy atom. The van der Waals surface area contributed by atoms with Crippen molar-refractivity contribution in [1.82, 2.24) is 0 Å². The lowest BCUT2D eigenvalue weighted by Crippen LogP contribution is -2.10. The molecule has 304 valence electrons. The number of anilines is 3. The third-order valence-corrected chi connectivity index (χ3v) is 14.2. The van der Waals surface area contributed by atoms with Gasteiger partial charge in [0.15, 0.2) is 5.58 Å². The number of hydrogen-bond acceptors (Lipinski definition) is 3. The van der Waals surface area contributed by atoms with Crippen LogP contribution in [-0.4, -0.2) is 0 Å². The maximum Gasteiger partial charge on any atom is 0.159 e. The lowest BCUT2D eigenvalue weighted by atomic mass is 9.93. The number of para-hydroxylation sites is 2. The molecule has 13 rings (SSSR count). The molecule has 11 aromatic carbocycles. The van der Waals surface area contributed by atoms with Gasteiger partial charge in [0, 0.05) is 47.9 Å². The SMILES string of the molecule is c1ccc(-c2cccc3c2oc2c(N(c4ccc(-c5ccc(-c6ccc7c(c6)sc6ccccc67)cc5)cc4)c4ccc(-c5cc6ccccc6c6ccccc56)cc4)cccc23)cc1. The van der Waals surface area contributed by atoms with E-state index in [2.05, 4.69) is 241 Å². The van der Waals surface area contributed by atoms with E-state index in [1.807, 2.05) is 11.3 Å². The number of rotatable bonds is 7. The van der Waals surface area contributed by atoms with Gasteiger partial charge in [-0.05, 0) is 109 Å². The first-order chi connectivity index (χ1) is 32.2. The van der Waals surface area contributed by atoms with Crippen molar-refractivity contribution >= 4 is 92.1 Å². The summed E-state index contributed by atoms with van der Waals surface area (Å²) in [6.45, 7) is 0. The van der Waals surface area contributed by atoms with E-state index in [1.165, 1.54) is 69.5 Å². The molecule has 0 radical (unpaired) electrons. The fourth-order valence-corrected chi connectivity index (χ4v) is 11.0. The summed E-state index contributed by atoms with van der Waals surface area (Å²) in [4.78, 5) is 2.34. The van der Waals surface area contributed by atoms with E-state index < -0.39 is 0 Å². The fourth-order valence-electron chi connectivity index (χ4n) is 9.90. The van der Waals surface area contributed by atoms with Crippen LogP contribution in [0.25, 0.3) is 108 Å². The van der Waals surface area contributed by atoms with Gasteiger partial charge < -0.3 is 9.32 Å². The van der Waals surface area contributed by atoms with E-state index in [-0.39, 0.29) is 0 Å². The molecular weight excluding hydrogens is 807 g/mol. The Balaban J connectivity index is 0.907. The molecule has 0 aliphatic heterocycles. The molecule has 0 amide bonds. The average molecular weight is 846 g/mol. The topological polar surface area (TPSA) is 16.4 Å². The molecule has 0 saturated heterocycles. The van der Waals surface area contributed by atoms with E-state index in [1.54, 1.807) is 0 Å². The lowest BCUT2D eigenvalue weighted by molar-refractivity contribution is 0.670. The number of fused-ring (bicyclic) bond motifs is 9. The normalized spacial score (nSPS) is 11.7. The molecule has 13 aromatic rings. The van der Waals surface area contributed by atoms with Gasteiger partial charge >= 0.3 is 0 Å². The van der Waals surface area contributed by atoms with E-state index in [0.29, 0.717) is 0 Å². The Morgan fingerprint density at radius 3 is 1.57 bits per heavy atom. The van der Waals surface area contributed by atoms with Crippen molar-refractivity contribution in [2.45, 2.75) is 0 Å². The smallest absolute Gasteiger partial charge is 0.159 e. The van der Waals surface area contributed by atoms with Crippen molar-refractivity contribution in [1.29, 1.82) is 0 Å². The first kappa shape index (κ1) is 37.3. The zero-order valence-electron chi connectivity index (χ0n) is 35.3. The highest BCUT2D eigenvalue weighted by Gasteiger charge is 2.21. The maximum atomic E-state index is 7.01. The van der Waals surface area contributed by atoms with E-state index >= 15 is 0 Å². The minimum absolute atomic E-state index is 0.851. The average Bonchev–Trinajstić information content (AvgIpc) is 3.96. The van der Waals surface area contributed by atoms with Gasteiger partial charge in [-0.3, -0.25) is 0 Å². The van der Waals surface area contributed by atoms with Gasteiger partial charge in [0.1, 0.15) is 5.58 Å². The minimum Gasteiger partial charge on any atom is -0.453 e. The van der Waals surface area contributed by atoms with Crippen LogP contribution in [0.15, 0.2) is 241 Å². The maximum absolute atomic E-state index is 7.01. The molecule has 2 nitrogen and oxygen atoms in total. The molecule has 0 aliphatic rings. The second kappa shape index (κ2) is 15.2. The van der Waals surface area contributed by atoms with Gasteiger partial charge in [-0.2, -0.15) is 0 Å². The molecule has 0 N–H and O–H groups in total. The first-order valence-electron chi connectivity index (χ1n) is 22.1. The summed E-state index contributed by atoms with van der Waals surface area (Å²) in [5.74, 6) is 0. The third kappa shape index (κ3) is 6.31. The number of furan rings is 1. The molecule has 0 saturated carbocycles. The van der Waals surface area contributed by atoms with Gasteiger partial charge in [0.05, 0.1) is 5.69 Å². The van der Waals surface area contributed by atoms with Crippen LogP contribution in [0, 0.1) is 0 Å². The van der Waals surface area contributed by atoms with E-state index in [0.717, 1.165) is 55.7 Å². The van der Waals surface area contributed by atoms with Crippen LogP contribution in [0.1, 0.15) is 0 Å². The molecular formula is C62H39NOS. The summed E-state index contributed by atoms with van der Waals surface area (Å²) >= 11 is 1.86. The minimum atomic E-state index is 0.851. The third-order valence-electron chi connectivity index (χ3n) is 13.1. The summed E-state index contributed by atoms with van der Waals surface area (Å²) in [5.41, 5.74) is 14.2. The molecule has 2 aromatic heterocycles. The van der Waals surface area contributed by atoms with Crippen LogP contribution in [-0.2, 0) is 0 Å². The van der Waals surface area contributed by atoms with E-state index in [9.17, 15) is 0 Å². The van der Waals surface area contributed by atoms with Gasteiger partial charge in [-0.1, -0.05) is 188 Å². The van der Waals surface area contributed by atoms with E-state index in [4.69, 9.17) is 4.42 Å². The summed E-state index contributed by atoms with van der Waals surface area (Å²) in [6, 6.07) is 85.7. The number of thiophene rings is 1. The van der Waals surface area contributed by atoms with Crippen LogP contribution in [0.5, 0.6) is 0 Å². The Morgan fingerprint density at radius 2 is 0.815 bits per heavy atom. The molecule has 65 heavy (non-hydrogen) atoms. The van der Waals surface area contributed by atoms with Gasteiger partial charge in [-0.25, -0.2) is 0 Å². The number of nitrogens with zero attached hydrogens (tertiary/aromatic N) is 1. The molecule has 0 spiro atoms. The Hall–Kier alpha value is -8.24. The largest absolute Gasteiger partial charge is 0.453 e. The van der Waals surface area contributed by atoms with Gasteiger partial charge in [0.2, 0.25) is 0 Å². The van der Waals surface area contributed by atoms with Crippen LogP contribution < -0.4 is 4.90 Å². The van der Waals surface area contributed by atoms with Crippen LogP contribution in [0.2, 0.25) is 0 Å². The predicted molar refractivity (Wildman–Crippen MR) is 278 cm³/mol. The lowest BCUT2D eigenvalue weighted by Gasteiger charge is -2.26. The van der Waals surface area contributed by atoms with Crippen LogP contribution >= 0.6 is 11.3 Å². The zero-order chi connectivity index (χ0) is 42.8. The van der Waals surface area contributed by atoms with Gasteiger partial charge in [-0.15, -0.1) is 11.3 Å². The highest BCUT2D eigenvalue weighted by molar-refractivity contribution is 7.25. The molecule has 0 aliphatic carbocycles. The molecule has 0 bridgehead atoms. The standard InChI is InChI=1S/C62H39NOS/c1-2-12-43(13-3-1)50-19-10-20-55-56-21-11-22-58(62(56)64-61(50)55)63(48-35-30-44(31-36-48)57-38-46-14-4-5-15-49(46)51-16-6-7-17-52(51)57)47-33-28-41(29-34-47)40-24-26-42(27-25-40)45-32-37-54-53-18-8-9-23-59(53)65-60(54)39-45/h1-39H. The summed E-state index contributed by atoms with van der Waals surface area (Å²) in [7, 11) is 0. The predicted octanol–water partition coefficient (Wildman–Crippen LogP) is 18.4. The highest BCUT2D eigenvalue weighted by Crippen LogP contribution is 2.45. The van der Waals surface area contributed by atoms with Crippen molar-refractivity contribution in [2.75, 3.05) is 4.90 Å².